The van der Waals surface area contributed by atoms with Gasteiger partial charge in [-0.1, -0.05) is 24.3 Å². The number of benzene rings is 2. The molecule has 4 rings (SSSR count). The molecule has 0 unspecified atom stereocenters. The number of amides is 2. The maximum atomic E-state index is 11.6. The highest BCUT2D eigenvalue weighted by Gasteiger charge is 2.22. The van der Waals surface area contributed by atoms with Crippen molar-refractivity contribution in [3.05, 3.63) is 54.1 Å². The molecule has 0 fully saturated rings. The summed E-state index contributed by atoms with van der Waals surface area (Å²) in [5, 5.41) is 10.4. The van der Waals surface area contributed by atoms with Crippen molar-refractivity contribution in [1.82, 2.24) is 5.32 Å². The molecule has 1 N–H and O–H groups in total. The van der Waals surface area contributed by atoms with Crippen LogP contribution < -0.4 is 5.32 Å². The van der Waals surface area contributed by atoms with Gasteiger partial charge in [0.15, 0.2) is 0 Å². The molecule has 2 heterocycles. The van der Waals surface area contributed by atoms with Crippen LogP contribution in [0.5, 0.6) is 0 Å². The summed E-state index contributed by atoms with van der Waals surface area (Å²) in [6.45, 7) is 0. The van der Waals surface area contributed by atoms with Gasteiger partial charge in [-0.05, 0) is 29.3 Å². The normalized spacial score (nSPS) is 15.3. The van der Waals surface area contributed by atoms with Crippen molar-refractivity contribution in [3.8, 4) is 11.1 Å². The van der Waals surface area contributed by atoms with Crippen molar-refractivity contribution >= 4 is 28.8 Å². The van der Waals surface area contributed by atoms with Gasteiger partial charge in [-0.2, -0.15) is 5.11 Å². The topological polar surface area (TPSA) is 70.9 Å². The molecule has 21 heavy (non-hydrogen) atoms. The van der Waals surface area contributed by atoms with Gasteiger partial charge in [-0.3, -0.25) is 14.9 Å². The van der Waals surface area contributed by atoms with E-state index in [1.54, 1.807) is 0 Å². The molecular weight excluding hydrogens is 266 g/mol. The van der Waals surface area contributed by atoms with Crippen molar-refractivity contribution in [3.63, 3.8) is 0 Å². The lowest BCUT2D eigenvalue weighted by Crippen LogP contribution is -2.21. The molecule has 2 aromatic rings. The van der Waals surface area contributed by atoms with E-state index in [1.807, 2.05) is 42.5 Å². The van der Waals surface area contributed by atoms with Crippen LogP contribution in [0, 0.1) is 0 Å². The maximum absolute atomic E-state index is 11.6. The molecule has 2 amide bonds. The van der Waals surface area contributed by atoms with Crippen LogP contribution in [0.3, 0.4) is 0 Å². The van der Waals surface area contributed by atoms with Gasteiger partial charge in [0.1, 0.15) is 0 Å². The Bertz CT molecular complexity index is 848. The summed E-state index contributed by atoms with van der Waals surface area (Å²) < 4.78 is 0. The SMILES string of the molecule is O=C1C=C(c2ccc(-c3ccc4cc3N=N4)cc2)C(=O)N1. The van der Waals surface area contributed by atoms with Gasteiger partial charge < -0.3 is 0 Å². The van der Waals surface area contributed by atoms with Crippen molar-refractivity contribution in [2.45, 2.75) is 0 Å². The molecule has 2 aromatic carbocycles. The summed E-state index contributed by atoms with van der Waals surface area (Å²) in [5.74, 6) is -0.729. The Morgan fingerprint density at radius 3 is 2.33 bits per heavy atom. The van der Waals surface area contributed by atoms with Crippen molar-refractivity contribution in [2.24, 2.45) is 10.2 Å². The number of rotatable bonds is 2. The predicted molar refractivity (Wildman–Crippen MR) is 77.2 cm³/mol. The molecule has 0 saturated carbocycles. The van der Waals surface area contributed by atoms with Gasteiger partial charge in [-0.25, -0.2) is 0 Å². The lowest BCUT2D eigenvalue weighted by atomic mass is 9.99. The van der Waals surface area contributed by atoms with E-state index in [0.29, 0.717) is 5.57 Å². The third-order valence-electron chi connectivity index (χ3n) is 3.52. The van der Waals surface area contributed by atoms with E-state index in [2.05, 4.69) is 15.5 Å². The molecule has 0 saturated heterocycles. The van der Waals surface area contributed by atoms with Gasteiger partial charge in [0, 0.05) is 11.6 Å². The molecule has 100 valence electrons. The minimum Gasteiger partial charge on any atom is -0.289 e. The van der Waals surface area contributed by atoms with Gasteiger partial charge in [-0.15, -0.1) is 5.11 Å². The van der Waals surface area contributed by atoms with Crippen LogP contribution in [0.1, 0.15) is 5.56 Å². The number of carbonyl (C=O) groups is 2. The minimum atomic E-state index is -0.372. The Balaban J connectivity index is 1.72. The fraction of sp³-hybridized carbons (Fsp3) is 0. The molecule has 0 radical (unpaired) electrons. The average molecular weight is 275 g/mol. The third kappa shape index (κ3) is 1.87. The van der Waals surface area contributed by atoms with E-state index in [4.69, 9.17) is 0 Å². The summed E-state index contributed by atoms with van der Waals surface area (Å²) >= 11 is 0. The van der Waals surface area contributed by atoms with Crippen LogP contribution >= 0.6 is 0 Å². The van der Waals surface area contributed by atoms with Crippen LogP contribution in [0.2, 0.25) is 0 Å². The second-order valence-corrected chi connectivity index (χ2v) is 4.86. The molecular formula is C16H9N3O2. The van der Waals surface area contributed by atoms with Gasteiger partial charge >= 0.3 is 0 Å². The Labute approximate surface area is 120 Å². The molecule has 0 atom stereocenters. The van der Waals surface area contributed by atoms with E-state index < -0.39 is 0 Å². The minimum absolute atomic E-state index is 0.357. The summed E-state index contributed by atoms with van der Waals surface area (Å²) in [4.78, 5) is 22.8. The standard InChI is InChI=1S/C16H9N3O2/c20-15-8-13(16(21)17-15)10-3-1-9(2-4-10)12-6-5-11-7-14(12)19-18-11/h1-8H,(H,17,20,21). The Morgan fingerprint density at radius 1 is 0.857 bits per heavy atom. The largest absolute Gasteiger partial charge is 0.289 e. The molecule has 0 aromatic heterocycles. The summed E-state index contributed by atoms with van der Waals surface area (Å²) in [5.41, 5.74) is 4.80. The first kappa shape index (κ1) is 11.7. The van der Waals surface area contributed by atoms with Crippen LogP contribution in [-0.4, -0.2) is 11.8 Å². The summed E-state index contributed by atoms with van der Waals surface area (Å²) in [6, 6.07) is 13.3. The first-order valence-electron chi connectivity index (χ1n) is 6.44. The summed E-state index contributed by atoms with van der Waals surface area (Å²) in [6.07, 6.45) is 1.32. The van der Waals surface area contributed by atoms with Gasteiger partial charge in [0.05, 0.1) is 16.9 Å². The van der Waals surface area contributed by atoms with Crippen LogP contribution in [-0.2, 0) is 9.59 Å². The lowest BCUT2D eigenvalue weighted by molar-refractivity contribution is -0.123. The highest BCUT2D eigenvalue weighted by Crippen LogP contribution is 2.39. The van der Waals surface area contributed by atoms with Crippen LogP contribution in [0.15, 0.2) is 58.8 Å². The predicted octanol–water partition coefficient (Wildman–Crippen LogP) is 3.12. The molecule has 2 bridgehead atoms. The second-order valence-electron chi connectivity index (χ2n) is 4.86. The Kier molecular flexibility index (Phi) is 2.35. The zero-order valence-corrected chi connectivity index (χ0v) is 10.8. The highest BCUT2D eigenvalue weighted by atomic mass is 16.2. The first-order valence-corrected chi connectivity index (χ1v) is 6.44. The van der Waals surface area contributed by atoms with Crippen LogP contribution in [0.4, 0.5) is 11.4 Å². The molecule has 2 aliphatic rings. The average Bonchev–Trinajstić information content (AvgIpc) is 3.03. The number of azo groups is 1. The molecule has 5 heteroatoms. The molecule has 2 aliphatic heterocycles. The smallest absolute Gasteiger partial charge is 0.258 e. The molecule has 0 aliphatic carbocycles. The van der Waals surface area contributed by atoms with E-state index in [0.717, 1.165) is 28.1 Å². The van der Waals surface area contributed by atoms with Crippen molar-refractivity contribution in [2.75, 3.05) is 0 Å². The van der Waals surface area contributed by atoms with E-state index >= 15 is 0 Å². The van der Waals surface area contributed by atoms with E-state index in [1.165, 1.54) is 6.08 Å². The lowest BCUT2D eigenvalue weighted by Gasteiger charge is -2.05. The second kappa shape index (κ2) is 4.21. The zero-order valence-electron chi connectivity index (χ0n) is 10.8. The fourth-order valence-electron chi connectivity index (χ4n) is 2.48. The Morgan fingerprint density at radius 2 is 1.62 bits per heavy atom. The monoisotopic (exact) mass is 275 g/mol. The molecule has 5 nitrogen and oxygen atoms in total. The number of hydrogen-bond acceptors (Lipinski definition) is 4. The van der Waals surface area contributed by atoms with E-state index in [9.17, 15) is 9.59 Å². The summed E-state index contributed by atoms with van der Waals surface area (Å²) in [7, 11) is 0. The zero-order chi connectivity index (χ0) is 14.4. The number of carbonyl (C=O) groups excluding carboxylic acids is 2. The third-order valence-corrected chi connectivity index (χ3v) is 3.52. The fourth-order valence-corrected chi connectivity index (χ4v) is 2.48. The number of nitrogens with zero attached hydrogens (tertiary/aromatic N) is 2. The van der Waals surface area contributed by atoms with Gasteiger partial charge in [0.25, 0.3) is 11.8 Å². The number of imide groups is 1. The quantitative estimate of drug-likeness (QED) is 0.730. The van der Waals surface area contributed by atoms with Crippen molar-refractivity contribution in [1.29, 1.82) is 0 Å². The highest BCUT2D eigenvalue weighted by molar-refractivity contribution is 6.33. The number of hydrogen-bond donors (Lipinski definition) is 1. The number of fused-ring (bicyclic) bond motifs is 2. The van der Waals surface area contributed by atoms with E-state index in [-0.39, 0.29) is 11.8 Å². The van der Waals surface area contributed by atoms with Gasteiger partial charge in [0.2, 0.25) is 0 Å². The Hall–Kier alpha value is -3.08. The first-order chi connectivity index (χ1) is 10.2. The maximum Gasteiger partial charge on any atom is 0.258 e. The van der Waals surface area contributed by atoms with Crippen LogP contribution in [0.25, 0.3) is 16.7 Å². The van der Waals surface area contributed by atoms with Crippen molar-refractivity contribution < 1.29 is 9.59 Å². The molecule has 0 spiro atoms. The number of nitrogens with one attached hydrogen (secondary N) is 1.